The number of aromatic nitrogens is 4. The fourth-order valence-electron chi connectivity index (χ4n) is 3.18. The molecule has 0 atom stereocenters. The highest BCUT2D eigenvalue weighted by atomic mass is 32.2. The summed E-state index contributed by atoms with van der Waals surface area (Å²) in [5.74, 6) is 0.861. The van der Waals surface area contributed by atoms with Gasteiger partial charge >= 0.3 is 0 Å². The van der Waals surface area contributed by atoms with E-state index in [4.69, 9.17) is 0 Å². The van der Waals surface area contributed by atoms with Gasteiger partial charge in [-0.25, -0.2) is 0 Å². The van der Waals surface area contributed by atoms with Crippen molar-refractivity contribution in [3.05, 3.63) is 83.7 Å². The second-order valence-corrected chi connectivity index (χ2v) is 8.24. The highest BCUT2D eigenvalue weighted by Crippen LogP contribution is 2.29. The van der Waals surface area contributed by atoms with Gasteiger partial charge < -0.3 is 5.32 Å². The number of pyridine rings is 1. The Morgan fingerprint density at radius 1 is 0.935 bits per heavy atom. The van der Waals surface area contributed by atoms with Gasteiger partial charge in [0.2, 0.25) is 5.91 Å². The molecular weight excluding hydrogens is 406 g/mol. The summed E-state index contributed by atoms with van der Waals surface area (Å²) >= 11 is 1.36. The molecule has 2 aromatic carbocycles. The van der Waals surface area contributed by atoms with Crippen molar-refractivity contribution in [2.24, 2.45) is 0 Å². The van der Waals surface area contributed by atoms with Crippen molar-refractivity contribution in [1.82, 2.24) is 19.7 Å². The molecule has 1 amide bonds. The lowest BCUT2D eigenvalue weighted by Gasteiger charge is -2.12. The zero-order valence-corrected chi connectivity index (χ0v) is 18.5. The Balaban J connectivity index is 1.63. The lowest BCUT2D eigenvalue weighted by molar-refractivity contribution is -0.113. The first kappa shape index (κ1) is 20.8. The lowest BCUT2D eigenvalue weighted by atomic mass is 10.1. The van der Waals surface area contributed by atoms with E-state index in [1.54, 1.807) is 12.4 Å². The van der Waals surface area contributed by atoms with Gasteiger partial charge in [-0.05, 0) is 67.8 Å². The van der Waals surface area contributed by atoms with Crippen molar-refractivity contribution in [3.8, 4) is 17.1 Å². The summed E-state index contributed by atoms with van der Waals surface area (Å²) in [7, 11) is 0. The van der Waals surface area contributed by atoms with Crippen LogP contribution in [0.1, 0.15) is 16.7 Å². The monoisotopic (exact) mass is 429 g/mol. The number of carbonyl (C=O) groups excluding carboxylic acids is 1. The first-order valence-electron chi connectivity index (χ1n) is 9.94. The molecule has 156 valence electrons. The molecule has 2 aromatic heterocycles. The molecule has 31 heavy (non-hydrogen) atoms. The third-order valence-corrected chi connectivity index (χ3v) is 6.00. The van der Waals surface area contributed by atoms with Gasteiger partial charge in [0.05, 0.1) is 11.4 Å². The summed E-state index contributed by atoms with van der Waals surface area (Å²) < 4.78 is 1.99. The van der Waals surface area contributed by atoms with E-state index in [0.717, 1.165) is 22.5 Å². The number of nitrogens with one attached hydrogen (secondary N) is 1. The highest BCUT2D eigenvalue weighted by Gasteiger charge is 2.18. The first-order valence-corrected chi connectivity index (χ1v) is 10.9. The first-order chi connectivity index (χ1) is 15.0. The number of carbonyl (C=O) groups is 1. The fourth-order valence-corrected chi connectivity index (χ4v) is 3.93. The van der Waals surface area contributed by atoms with Gasteiger partial charge in [0.1, 0.15) is 0 Å². The van der Waals surface area contributed by atoms with E-state index < -0.39 is 0 Å². The molecule has 0 saturated carbocycles. The topological polar surface area (TPSA) is 72.7 Å². The number of para-hydroxylation sites is 1. The van der Waals surface area contributed by atoms with E-state index in [2.05, 4.69) is 46.5 Å². The Morgan fingerprint density at radius 2 is 1.71 bits per heavy atom. The van der Waals surface area contributed by atoms with Crippen molar-refractivity contribution in [2.45, 2.75) is 25.9 Å². The minimum Gasteiger partial charge on any atom is -0.325 e. The quantitative estimate of drug-likeness (QED) is 0.437. The maximum atomic E-state index is 12.6. The van der Waals surface area contributed by atoms with Crippen LogP contribution < -0.4 is 5.32 Å². The minimum absolute atomic E-state index is 0.0839. The molecule has 1 N–H and O–H groups in total. The van der Waals surface area contributed by atoms with Crippen LogP contribution in [0.15, 0.2) is 72.1 Å². The van der Waals surface area contributed by atoms with Crippen LogP contribution in [0.5, 0.6) is 0 Å². The summed E-state index contributed by atoms with van der Waals surface area (Å²) in [6.07, 6.45) is 3.47. The third-order valence-electron chi connectivity index (χ3n) is 5.07. The number of hydrogen-bond acceptors (Lipinski definition) is 5. The highest BCUT2D eigenvalue weighted by molar-refractivity contribution is 7.99. The number of aryl methyl sites for hydroxylation is 3. The molecule has 4 rings (SSSR count). The molecule has 2 heterocycles. The standard InChI is InChI=1S/C24H23N5OS/c1-16-8-9-20(14-18(16)3)29-23(19-10-12-25-13-11-19)27-28-24(29)31-15-22(30)26-21-7-5-4-6-17(21)2/h4-14H,15H2,1-3H3,(H,26,30). The molecule has 0 fully saturated rings. The maximum Gasteiger partial charge on any atom is 0.234 e. The average molecular weight is 430 g/mol. The molecule has 0 aliphatic rings. The number of benzene rings is 2. The predicted octanol–water partition coefficient (Wildman–Crippen LogP) is 4.99. The Bertz CT molecular complexity index is 1220. The normalized spacial score (nSPS) is 10.8. The second kappa shape index (κ2) is 9.14. The van der Waals surface area contributed by atoms with Crippen LogP contribution in [0.4, 0.5) is 5.69 Å². The molecule has 7 heteroatoms. The molecule has 0 aliphatic heterocycles. The Kier molecular flexibility index (Phi) is 6.13. The second-order valence-electron chi connectivity index (χ2n) is 7.30. The number of rotatable bonds is 6. The van der Waals surface area contributed by atoms with Gasteiger partial charge in [0, 0.05) is 23.6 Å². The molecule has 0 radical (unpaired) electrons. The van der Waals surface area contributed by atoms with Gasteiger partial charge in [-0.2, -0.15) is 0 Å². The van der Waals surface area contributed by atoms with E-state index in [9.17, 15) is 4.79 Å². The van der Waals surface area contributed by atoms with E-state index in [0.29, 0.717) is 11.0 Å². The van der Waals surface area contributed by atoms with Gasteiger partial charge in [0.15, 0.2) is 11.0 Å². The van der Waals surface area contributed by atoms with Gasteiger partial charge in [0.25, 0.3) is 0 Å². The molecule has 4 aromatic rings. The van der Waals surface area contributed by atoms with E-state index in [-0.39, 0.29) is 11.7 Å². The van der Waals surface area contributed by atoms with E-state index in [1.165, 1.54) is 22.9 Å². The van der Waals surface area contributed by atoms with E-state index in [1.807, 2.05) is 54.0 Å². The number of amides is 1. The Morgan fingerprint density at radius 3 is 2.45 bits per heavy atom. The number of nitrogens with zero attached hydrogens (tertiary/aromatic N) is 4. The van der Waals surface area contributed by atoms with Crippen LogP contribution in [-0.2, 0) is 4.79 Å². The summed E-state index contributed by atoms with van der Waals surface area (Å²) in [5, 5.41) is 12.4. The Hall–Kier alpha value is -3.45. The predicted molar refractivity (Wildman–Crippen MR) is 125 cm³/mol. The summed E-state index contributed by atoms with van der Waals surface area (Å²) in [6, 6.07) is 17.8. The van der Waals surface area contributed by atoms with Crippen LogP contribution in [0.3, 0.4) is 0 Å². The number of anilines is 1. The van der Waals surface area contributed by atoms with Crippen molar-refractivity contribution in [3.63, 3.8) is 0 Å². The zero-order valence-electron chi connectivity index (χ0n) is 17.7. The van der Waals surface area contributed by atoms with Crippen molar-refractivity contribution < 1.29 is 4.79 Å². The van der Waals surface area contributed by atoms with Crippen LogP contribution in [0.25, 0.3) is 17.1 Å². The molecule has 0 spiro atoms. The lowest BCUT2D eigenvalue weighted by Crippen LogP contribution is -2.15. The molecule has 6 nitrogen and oxygen atoms in total. The van der Waals surface area contributed by atoms with Crippen LogP contribution in [0.2, 0.25) is 0 Å². The molecule has 0 saturated heterocycles. The summed E-state index contributed by atoms with van der Waals surface area (Å²) in [4.78, 5) is 16.7. The molecular formula is C24H23N5OS. The van der Waals surface area contributed by atoms with Crippen molar-refractivity contribution in [1.29, 1.82) is 0 Å². The zero-order chi connectivity index (χ0) is 21.8. The molecule has 0 unspecified atom stereocenters. The SMILES string of the molecule is Cc1ccc(-n2c(SCC(=O)Nc3ccccc3C)nnc2-c2ccncc2)cc1C. The largest absolute Gasteiger partial charge is 0.325 e. The minimum atomic E-state index is -0.0839. The Labute approximate surface area is 185 Å². The number of hydrogen-bond donors (Lipinski definition) is 1. The van der Waals surface area contributed by atoms with Crippen LogP contribution in [0, 0.1) is 20.8 Å². The maximum absolute atomic E-state index is 12.6. The molecule has 0 aliphatic carbocycles. The summed E-state index contributed by atoms with van der Waals surface area (Å²) in [6.45, 7) is 6.14. The molecule has 0 bridgehead atoms. The van der Waals surface area contributed by atoms with Crippen LogP contribution in [-0.4, -0.2) is 31.4 Å². The van der Waals surface area contributed by atoms with Crippen LogP contribution >= 0.6 is 11.8 Å². The van der Waals surface area contributed by atoms with Gasteiger partial charge in [-0.3, -0.25) is 14.3 Å². The smallest absolute Gasteiger partial charge is 0.234 e. The number of thioether (sulfide) groups is 1. The third kappa shape index (κ3) is 4.67. The fraction of sp³-hybridized carbons (Fsp3) is 0.167. The van der Waals surface area contributed by atoms with Crippen molar-refractivity contribution in [2.75, 3.05) is 11.1 Å². The van der Waals surface area contributed by atoms with Crippen molar-refractivity contribution >= 4 is 23.4 Å². The summed E-state index contributed by atoms with van der Waals surface area (Å²) in [5.41, 5.74) is 6.12. The average Bonchev–Trinajstić information content (AvgIpc) is 3.20. The van der Waals surface area contributed by atoms with Gasteiger partial charge in [-0.1, -0.05) is 36.0 Å². The van der Waals surface area contributed by atoms with E-state index >= 15 is 0 Å². The van der Waals surface area contributed by atoms with Gasteiger partial charge in [-0.15, -0.1) is 10.2 Å².